The third kappa shape index (κ3) is 3.86. The molecule has 116 valence electrons. The number of aliphatic hydroxyl groups is 1. The molecule has 1 aliphatic heterocycles. The molecule has 1 aromatic carbocycles. The highest BCUT2D eigenvalue weighted by Crippen LogP contribution is 2.25. The van der Waals surface area contributed by atoms with E-state index in [2.05, 4.69) is 0 Å². The topological polar surface area (TPSA) is 68.2 Å². The highest BCUT2D eigenvalue weighted by Gasteiger charge is 2.24. The third-order valence-corrected chi connectivity index (χ3v) is 3.41. The Morgan fingerprint density at radius 2 is 2.14 bits per heavy atom. The molecule has 0 spiro atoms. The molecular weight excluding hydrogens is 274 g/mol. The van der Waals surface area contributed by atoms with Crippen LogP contribution >= 0.6 is 0 Å². The first kappa shape index (κ1) is 15.6. The van der Waals surface area contributed by atoms with Crippen molar-refractivity contribution >= 4 is 5.91 Å². The molecule has 0 aliphatic carbocycles. The Labute approximate surface area is 124 Å². The number of ether oxygens (including phenoxy) is 3. The number of rotatable bonds is 5. The van der Waals surface area contributed by atoms with Crippen molar-refractivity contribution in [2.75, 3.05) is 33.4 Å². The number of methoxy groups -OCH3 is 1. The van der Waals surface area contributed by atoms with Crippen LogP contribution in [0.3, 0.4) is 0 Å². The summed E-state index contributed by atoms with van der Waals surface area (Å²) in [7, 11) is 1.56. The van der Waals surface area contributed by atoms with E-state index in [9.17, 15) is 9.90 Å². The zero-order valence-corrected chi connectivity index (χ0v) is 12.4. The van der Waals surface area contributed by atoms with Crippen molar-refractivity contribution in [1.82, 2.24) is 4.90 Å². The van der Waals surface area contributed by atoms with Crippen LogP contribution < -0.4 is 9.47 Å². The maximum atomic E-state index is 12.3. The first-order valence-corrected chi connectivity index (χ1v) is 6.96. The molecule has 6 heteroatoms. The summed E-state index contributed by atoms with van der Waals surface area (Å²) < 4.78 is 16.0. The van der Waals surface area contributed by atoms with Crippen LogP contribution in [0.25, 0.3) is 0 Å². The Hall–Kier alpha value is -1.79. The molecule has 1 unspecified atom stereocenters. The molecule has 6 nitrogen and oxygen atoms in total. The fraction of sp³-hybridized carbons (Fsp3) is 0.533. The number of hydrogen-bond donors (Lipinski definition) is 1. The van der Waals surface area contributed by atoms with E-state index in [-0.39, 0.29) is 12.5 Å². The van der Waals surface area contributed by atoms with Gasteiger partial charge < -0.3 is 24.2 Å². The van der Waals surface area contributed by atoms with Gasteiger partial charge in [-0.3, -0.25) is 4.79 Å². The van der Waals surface area contributed by atoms with Crippen LogP contribution in [0.2, 0.25) is 0 Å². The Bertz CT molecular complexity index is 485. The normalized spacial score (nSPS) is 16.4. The van der Waals surface area contributed by atoms with Crippen LogP contribution in [-0.4, -0.2) is 55.4 Å². The van der Waals surface area contributed by atoms with Gasteiger partial charge in [0.15, 0.2) is 6.10 Å². The van der Waals surface area contributed by atoms with E-state index >= 15 is 0 Å². The molecular formula is C15H21NO5. The molecule has 1 heterocycles. The average molecular weight is 295 g/mol. The van der Waals surface area contributed by atoms with Crippen molar-refractivity contribution in [3.63, 3.8) is 0 Å². The summed E-state index contributed by atoms with van der Waals surface area (Å²) in [5.41, 5.74) is 0.593. The fourth-order valence-electron chi connectivity index (χ4n) is 2.20. The standard InChI is InChI=1S/C15H21NO5/c1-11(15(18)16-5-7-20-8-6-16)21-14-4-3-13(19-2)9-12(14)10-17/h3-4,9,11,17H,5-8,10H2,1-2H3. The second-order valence-corrected chi connectivity index (χ2v) is 4.83. The summed E-state index contributed by atoms with van der Waals surface area (Å²) >= 11 is 0. The van der Waals surface area contributed by atoms with Crippen LogP contribution in [0, 0.1) is 0 Å². The van der Waals surface area contributed by atoms with Gasteiger partial charge in [-0.05, 0) is 25.1 Å². The Morgan fingerprint density at radius 3 is 2.76 bits per heavy atom. The Balaban J connectivity index is 2.04. The van der Waals surface area contributed by atoms with Crippen LogP contribution in [0.5, 0.6) is 11.5 Å². The average Bonchev–Trinajstić information content (AvgIpc) is 2.55. The summed E-state index contributed by atoms with van der Waals surface area (Å²) in [6, 6.07) is 5.13. The van der Waals surface area contributed by atoms with E-state index in [0.29, 0.717) is 43.4 Å². The van der Waals surface area contributed by atoms with Gasteiger partial charge in [0.25, 0.3) is 5.91 Å². The minimum absolute atomic E-state index is 0.0713. The van der Waals surface area contributed by atoms with E-state index in [0.717, 1.165) is 0 Å². The summed E-state index contributed by atoms with van der Waals surface area (Å²) in [6.45, 7) is 3.82. The van der Waals surface area contributed by atoms with Crippen molar-refractivity contribution < 1.29 is 24.1 Å². The van der Waals surface area contributed by atoms with Crippen molar-refractivity contribution in [2.45, 2.75) is 19.6 Å². The minimum atomic E-state index is -0.609. The predicted octanol–water partition coefficient (Wildman–Crippen LogP) is 0.814. The van der Waals surface area contributed by atoms with Gasteiger partial charge in [0.1, 0.15) is 11.5 Å². The minimum Gasteiger partial charge on any atom is -0.497 e. The second-order valence-electron chi connectivity index (χ2n) is 4.83. The monoisotopic (exact) mass is 295 g/mol. The number of carbonyl (C=O) groups excluding carboxylic acids is 1. The maximum Gasteiger partial charge on any atom is 0.263 e. The lowest BCUT2D eigenvalue weighted by Gasteiger charge is -2.29. The van der Waals surface area contributed by atoms with Crippen LogP contribution in [0.15, 0.2) is 18.2 Å². The molecule has 0 aromatic heterocycles. The zero-order chi connectivity index (χ0) is 15.2. The molecule has 21 heavy (non-hydrogen) atoms. The maximum absolute atomic E-state index is 12.3. The van der Waals surface area contributed by atoms with Crippen molar-refractivity contribution in [1.29, 1.82) is 0 Å². The molecule has 1 atom stereocenters. The first-order chi connectivity index (χ1) is 10.2. The van der Waals surface area contributed by atoms with E-state index < -0.39 is 6.10 Å². The molecule has 1 amide bonds. The number of benzene rings is 1. The van der Waals surface area contributed by atoms with Gasteiger partial charge in [0.2, 0.25) is 0 Å². The highest BCUT2D eigenvalue weighted by molar-refractivity contribution is 5.81. The number of hydrogen-bond acceptors (Lipinski definition) is 5. The number of morpholine rings is 1. The Kier molecular flexibility index (Phi) is 5.41. The molecule has 2 rings (SSSR count). The number of carbonyl (C=O) groups is 1. The molecule has 1 saturated heterocycles. The molecule has 0 saturated carbocycles. The van der Waals surface area contributed by atoms with E-state index in [1.165, 1.54) is 0 Å². The fourth-order valence-corrected chi connectivity index (χ4v) is 2.20. The molecule has 1 aromatic rings. The van der Waals surface area contributed by atoms with Crippen LogP contribution in [0.4, 0.5) is 0 Å². The molecule has 1 aliphatic rings. The Morgan fingerprint density at radius 1 is 1.43 bits per heavy atom. The lowest BCUT2D eigenvalue weighted by molar-refractivity contribution is -0.142. The van der Waals surface area contributed by atoms with Gasteiger partial charge >= 0.3 is 0 Å². The highest BCUT2D eigenvalue weighted by atomic mass is 16.5. The summed E-state index contributed by atoms with van der Waals surface area (Å²) in [5.74, 6) is 1.06. The van der Waals surface area contributed by atoms with Crippen molar-refractivity contribution in [3.8, 4) is 11.5 Å². The third-order valence-electron chi connectivity index (χ3n) is 3.41. The van der Waals surface area contributed by atoms with Gasteiger partial charge in [0, 0.05) is 18.7 Å². The molecule has 0 radical (unpaired) electrons. The lowest BCUT2D eigenvalue weighted by atomic mass is 10.2. The number of amides is 1. The van der Waals surface area contributed by atoms with Crippen LogP contribution in [-0.2, 0) is 16.1 Å². The van der Waals surface area contributed by atoms with Gasteiger partial charge in [-0.2, -0.15) is 0 Å². The van der Waals surface area contributed by atoms with Crippen molar-refractivity contribution in [3.05, 3.63) is 23.8 Å². The molecule has 1 N–H and O–H groups in total. The van der Waals surface area contributed by atoms with Crippen LogP contribution in [0.1, 0.15) is 12.5 Å². The lowest BCUT2D eigenvalue weighted by Crippen LogP contribution is -2.46. The van der Waals surface area contributed by atoms with Gasteiger partial charge in [0.05, 0.1) is 26.9 Å². The molecule has 1 fully saturated rings. The SMILES string of the molecule is COc1ccc(OC(C)C(=O)N2CCOCC2)c(CO)c1. The summed E-state index contributed by atoms with van der Waals surface area (Å²) in [6.07, 6.45) is -0.609. The van der Waals surface area contributed by atoms with E-state index in [4.69, 9.17) is 14.2 Å². The zero-order valence-electron chi connectivity index (χ0n) is 12.4. The number of nitrogens with zero attached hydrogens (tertiary/aromatic N) is 1. The van der Waals surface area contributed by atoms with Gasteiger partial charge in [-0.1, -0.05) is 0 Å². The summed E-state index contributed by atoms with van der Waals surface area (Å²) in [4.78, 5) is 14.0. The smallest absolute Gasteiger partial charge is 0.263 e. The van der Waals surface area contributed by atoms with E-state index in [1.54, 1.807) is 37.1 Å². The predicted molar refractivity (Wildman–Crippen MR) is 76.4 cm³/mol. The van der Waals surface area contributed by atoms with Crippen molar-refractivity contribution in [2.24, 2.45) is 0 Å². The van der Waals surface area contributed by atoms with E-state index in [1.807, 2.05) is 0 Å². The van der Waals surface area contributed by atoms with Gasteiger partial charge in [-0.25, -0.2) is 0 Å². The quantitative estimate of drug-likeness (QED) is 0.871. The number of aliphatic hydroxyl groups excluding tert-OH is 1. The van der Waals surface area contributed by atoms with Gasteiger partial charge in [-0.15, -0.1) is 0 Å². The second kappa shape index (κ2) is 7.28. The first-order valence-electron chi connectivity index (χ1n) is 6.96. The molecule has 0 bridgehead atoms. The largest absolute Gasteiger partial charge is 0.497 e. The summed E-state index contributed by atoms with van der Waals surface area (Å²) in [5, 5.41) is 9.39.